The van der Waals surface area contributed by atoms with Crippen LogP contribution in [0.3, 0.4) is 0 Å². The van der Waals surface area contributed by atoms with E-state index in [1.165, 1.54) is 12.8 Å². The van der Waals surface area contributed by atoms with Gasteiger partial charge in [-0.1, -0.05) is 34.6 Å². The Kier molecular flexibility index (Phi) is 3.62. The van der Waals surface area contributed by atoms with Crippen LogP contribution < -0.4 is 0 Å². The highest BCUT2D eigenvalue weighted by atomic mass is 16.5. The summed E-state index contributed by atoms with van der Waals surface area (Å²) in [7, 11) is 0. The number of hydrogen-bond acceptors (Lipinski definition) is 6. The molecule has 0 saturated heterocycles. The smallest absolute Gasteiger partial charge is 0.234 e. The Balaban J connectivity index is 1.37. The van der Waals surface area contributed by atoms with Gasteiger partial charge in [-0.15, -0.1) is 0 Å². The summed E-state index contributed by atoms with van der Waals surface area (Å²) in [4.78, 5) is 4.54. The number of aromatic nitrogens is 5. The first-order valence-electron chi connectivity index (χ1n) is 8.69. The lowest BCUT2D eigenvalue weighted by Gasteiger charge is -2.06. The van der Waals surface area contributed by atoms with E-state index >= 15 is 0 Å². The minimum atomic E-state index is 0.452. The van der Waals surface area contributed by atoms with Crippen molar-refractivity contribution < 1.29 is 9.05 Å². The van der Waals surface area contributed by atoms with Gasteiger partial charge in [-0.3, -0.25) is 4.68 Å². The van der Waals surface area contributed by atoms with E-state index in [4.69, 9.17) is 9.05 Å². The molecule has 5 rings (SSSR count). The second-order valence-electron chi connectivity index (χ2n) is 6.54. The highest BCUT2D eigenvalue weighted by Crippen LogP contribution is 2.39. The molecule has 3 heterocycles. The molecule has 26 heavy (non-hydrogen) atoms. The second kappa shape index (κ2) is 6.25. The molecule has 0 spiro atoms. The minimum Gasteiger partial charge on any atom is -0.361 e. The zero-order valence-electron chi connectivity index (χ0n) is 14.1. The fraction of sp³-hybridized carbons (Fsp3) is 0.263. The Morgan fingerprint density at radius 3 is 2.85 bits per heavy atom. The summed E-state index contributed by atoms with van der Waals surface area (Å²) < 4.78 is 12.7. The van der Waals surface area contributed by atoms with Gasteiger partial charge in [-0.05, 0) is 24.5 Å². The number of rotatable bonds is 6. The van der Waals surface area contributed by atoms with E-state index in [1.54, 1.807) is 6.20 Å². The fourth-order valence-corrected chi connectivity index (χ4v) is 3.01. The summed E-state index contributed by atoms with van der Waals surface area (Å²) in [6.45, 7) is 0.653. The van der Waals surface area contributed by atoms with Crippen LogP contribution in [0, 0.1) is 0 Å². The van der Waals surface area contributed by atoms with Gasteiger partial charge in [-0.25, -0.2) is 0 Å². The largest absolute Gasteiger partial charge is 0.361 e. The van der Waals surface area contributed by atoms with Crippen molar-refractivity contribution in [3.63, 3.8) is 0 Å². The number of benzene rings is 1. The zero-order valence-corrected chi connectivity index (χ0v) is 14.1. The quantitative estimate of drug-likeness (QED) is 0.531. The van der Waals surface area contributed by atoms with E-state index < -0.39 is 0 Å². The highest BCUT2D eigenvalue weighted by Gasteiger charge is 2.27. The molecule has 1 aliphatic carbocycles. The molecule has 0 amide bonds. The molecule has 0 N–H and O–H groups in total. The molecule has 1 aliphatic rings. The third kappa shape index (κ3) is 3.03. The van der Waals surface area contributed by atoms with Crippen molar-refractivity contribution in [3.8, 4) is 11.4 Å². The van der Waals surface area contributed by atoms with E-state index in [9.17, 15) is 0 Å². The van der Waals surface area contributed by atoms with Gasteiger partial charge in [0.15, 0.2) is 0 Å². The summed E-state index contributed by atoms with van der Waals surface area (Å²) in [5, 5.41) is 12.5. The van der Waals surface area contributed by atoms with Gasteiger partial charge >= 0.3 is 0 Å². The van der Waals surface area contributed by atoms with Crippen LogP contribution in [0.25, 0.3) is 11.4 Å². The maximum absolute atomic E-state index is 5.43. The van der Waals surface area contributed by atoms with Crippen molar-refractivity contribution in [1.29, 1.82) is 0 Å². The predicted molar refractivity (Wildman–Crippen MR) is 92.3 cm³/mol. The van der Waals surface area contributed by atoms with Gasteiger partial charge in [0.05, 0.1) is 18.7 Å². The third-order valence-electron chi connectivity index (χ3n) is 4.52. The normalized spacial score (nSPS) is 14.0. The lowest BCUT2D eigenvalue weighted by molar-refractivity contribution is 0.349. The van der Waals surface area contributed by atoms with Crippen LogP contribution in [0.15, 0.2) is 57.8 Å². The zero-order chi connectivity index (χ0) is 17.3. The molecular formula is C19H17N5O2. The first kappa shape index (κ1) is 15.1. The summed E-state index contributed by atoms with van der Waals surface area (Å²) in [5.74, 6) is 2.42. The van der Waals surface area contributed by atoms with E-state index in [-0.39, 0.29) is 0 Å². The van der Waals surface area contributed by atoms with Gasteiger partial charge in [0, 0.05) is 29.9 Å². The van der Waals surface area contributed by atoms with Crippen LogP contribution >= 0.6 is 0 Å². The van der Waals surface area contributed by atoms with Crippen LogP contribution in [0.1, 0.15) is 41.7 Å². The third-order valence-corrected chi connectivity index (χ3v) is 4.52. The molecule has 0 atom stereocenters. The molecule has 4 aromatic rings. The maximum atomic E-state index is 5.43. The molecule has 0 bridgehead atoms. The first-order valence-corrected chi connectivity index (χ1v) is 8.69. The Bertz CT molecular complexity index is 1010. The number of nitrogens with zero attached hydrogens (tertiary/aromatic N) is 5. The Morgan fingerprint density at radius 1 is 1.08 bits per heavy atom. The van der Waals surface area contributed by atoms with Crippen molar-refractivity contribution in [2.75, 3.05) is 0 Å². The van der Waals surface area contributed by atoms with E-state index in [2.05, 4.69) is 20.4 Å². The van der Waals surface area contributed by atoms with Gasteiger partial charge in [-0.2, -0.15) is 10.1 Å². The summed E-state index contributed by atoms with van der Waals surface area (Å²) >= 11 is 0. The van der Waals surface area contributed by atoms with E-state index in [0.29, 0.717) is 30.6 Å². The van der Waals surface area contributed by atoms with Gasteiger partial charge in [0.25, 0.3) is 0 Å². The average molecular weight is 347 g/mol. The molecule has 7 nitrogen and oxygen atoms in total. The van der Waals surface area contributed by atoms with Crippen molar-refractivity contribution in [3.05, 3.63) is 71.7 Å². The van der Waals surface area contributed by atoms with Crippen LogP contribution in [0.2, 0.25) is 0 Å². The van der Waals surface area contributed by atoms with Crippen LogP contribution in [0.4, 0.5) is 0 Å². The lowest BCUT2D eigenvalue weighted by atomic mass is 10.1. The number of hydrogen-bond donors (Lipinski definition) is 0. The van der Waals surface area contributed by atoms with Gasteiger partial charge in [0.2, 0.25) is 11.7 Å². The maximum Gasteiger partial charge on any atom is 0.234 e. The summed E-state index contributed by atoms with van der Waals surface area (Å²) in [5.41, 5.74) is 3.05. The Morgan fingerprint density at radius 2 is 2.00 bits per heavy atom. The molecule has 1 saturated carbocycles. The molecule has 7 heteroatoms. The van der Waals surface area contributed by atoms with E-state index in [0.717, 1.165) is 22.6 Å². The molecular weight excluding hydrogens is 330 g/mol. The van der Waals surface area contributed by atoms with Crippen molar-refractivity contribution in [2.45, 2.75) is 31.7 Å². The topological polar surface area (TPSA) is 82.8 Å². The summed E-state index contributed by atoms with van der Waals surface area (Å²) in [6.07, 6.45) is 6.55. The monoisotopic (exact) mass is 347 g/mol. The van der Waals surface area contributed by atoms with Crippen LogP contribution in [-0.4, -0.2) is 25.1 Å². The van der Waals surface area contributed by atoms with Crippen molar-refractivity contribution in [1.82, 2.24) is 25.1 Å². The second-order valence-corrected chi connectivity index (χ2v) is 6.54. The molecule has 130 valence electrons. The highest BCUT2D eigenvalue weighted by molar-refractivity contribution is 5.59. The molecule has 1 aromatic carbocycles. The molecule has 1 fully saturated rings. The molecule has 0 aliphatic heterocycles. The average Bonchev–Trinajstić information content (AvgIpc) is 3.05. The van der Waals surface area contributed by atoms with Gasteiger partial charge in [0.1, 0.15) is 5.76 Å². The van der Waals surface area contributed by atoms with Crippen LogP contribution in [-0.2, 0) is 13.0 Å². The minimum absolute atomic E-state index is 0.452. The van der Waals surface area contributed by atoms with Crippen molar-refractivity contribution in [2.24, 2.45) is 0 Å². The lowest BCUT2D eigenvalue weighted by Crippen LogP contribution is -2.02. The predicted octanol–water partition coefficient (Wildman–Crippen LogP) is 3.44. The Labute approximate surface area is 149 Å². The van der Waals surface area contributed by atoms with Crippen molar-refractivity contribution >= 4 is 0 Å². The Hall–Kier alpha value is -3.22. The summed E-state index contributed by atoms with van der Waals surface area (Å²) in [6, 6.07) is 11.9. The molecule has 0 radical (unpaired) electrons. The SMILES string of the molecule is c1ccc(-c2noc(Cc3cc(C4CC4)no3)n2)c(Cn2cccn2)c1. The fourth-order valence-electron chi connectivity index (χ4n) is 3.01. The molecule has 0 unspecified atom stereocenters. The molecule has 3 aromatic heterocycles. The van der Waals surface area contributed by atoms with E-state index in [1.807, 2.05) is 47.3 Å². The van der Waals surface area contributed by atoms with Gasteiger partial charge < -0.3 is 9.05 Å². The standard InChI is InChI=1S/C19H17N5O2/c1-2-5-16(14(4-1)12-24-9-3-8-20-24)19-21-18(26-23-19)11-15-10-17(22-25-15)13-6-7-13/h1-5,8-10,13H,6-7,11-12H2. The first-order chi connectivity index (χ1) is 12.8. The van der Waals surface area contributed by atoms with Crippen LogP contribution in [0.5, 0.6) is 0 Å².